The Bertz CT molecular complexity index is 528. The van der Waals surface area contributed by atoms with E-state index in [-0.39, 0.29) is 24.5 Å². The number of hydrogen-bond donors (Lipinski definition) is 1. The molecule has 0 saturated carbocycles. The molecule has 1 aliphatic heterocycles. The van der Waals surface area contributed by atoms with Crippen molar-refractivity contribution in [3.63, 3.8) is 0 Å². The van der Waals surface area contributed by atoms with Crippen LogP contribution in [0.25, 0.3) is 0 Å². The Balaban J connectivity index is 2.29. The van der Waals surface area contributed by atoms with E-state index in [0.717, 1.165) is 0 Å². The summed E-state index contributed by atoms with van der Waals surface area (Å²) in [6.45, 7) is 2.93. The molecule has 4 nitrogen and oxygen atoms in total. The van der Waals surface area contributed by atoms with Gasteiger partial charge in [0.15, 0.2) is 0 Å². The molecule has 1 amide bonds. The van der Waals surface area contributed by atoms with Crippen LogP contribution in [0.2, 0.25) is 0 Å². The molecule has 2 N–H and O–H groups in total. The number of nitrogens with zero attached hydrogens (tertiary/aromatic N) is 2. The minimum absolute atomic E-state index is 0.0620. The zero-order chi connectivity index (χ0) is 15.1. The first kappa shape index (κ1) is 14.6. The summed E-state index contributed by atoms with van der Waals surface area (Å²) >= 11 is 0. The van der Waals surface area contributed by atoms with Crippen LogP contribution in [0.5, 0.6) is 0 Å². The van der Waals surface area contributed by atoms with Crippen molar-refractivity contribution in [2.24, 2.45) is 5.92 Å². The van der Waals surface area contributed by atoms with Crippen LogP contribution in [-0.4, -0.2) is 34.1 Å². The zero-order valence-electron chi connectivity index (χ0n) is 11.2. The maximum Gasteiger partial charge on any atom is 0.394 e. The molecular weight excluding hydrogens is 271 g/mol. The minimum Gasteiger partial charge on any atom is -0.384 e. The lowest BCUT2D eigenvalue weighted by atomic mass is 9.88. The van der Waals surface area contributed by atoms with Gasteiger partial charge in [-0.15, -0.1) is 0 Å². The molecule has 1 atom stereocenters. The highest BCUT2D eigenvalue weighted by Gasteiger charge is 2.56. The average molecular weight is 287 g/mol. The molecule has 0 aliphatic carbocycles. The molecule has 0 spiro atoms. The fourth-order valence-electron chi connectivity index (χ4n) is 2.72. The third-order valence-corrected chi connectivity index (χ3v) is 3.82. The van der Waals surface area contributed by atoms with E-state index >= 15 is 0 Å². The number of anilines is 1. The number of nitrogen functional groups attached to an aromatic ring is 1. The summed E-state index contributed by atoms with van der Waals surface area (Å²) in [5.41, 5.74) is 4.28. The molecule has 1 aromatic rings. The summed E-state index contributed by atoms with van der Waals surface area (Å²) in [7, 11) is 0. The number of carbonyl (C=O) groups is 1. The van der Waals surface area contributed by atoms with Gasteiger partial charge in [-0.2, -0.15) is 13.2 Å². The smallest absolute Gasteiger partial charge is 0.384 e. The van der Waals surface area contributed by atoms with Gasteiger partial charge in [-0.1, -0.05) is 6.07 Å². The number of aromatic nitrogens is 1. The number of likely N-dealkylation sites (tertiary alicyclic amines) is 1. The standard InChI is InChI=1S/C13H16F3N3O/c1-12(2)9(13(14,15)16)6-7-19(12)11(20)8-4-3-5-10(17)18-8/h3-5,9H,6-7H2,1-2H3,(H2,17,18). The number of alkyl halides is 3. The maximum absolute atomic E-state index is 13.0. The van der Waals surface area contributed by atoms with Gasteiger partial charge in [0.2, 0.25) is 0 Å². The Morgan fingerprint density at radius 1 is 1.45 bits per heavy atom. The number of nitrogens with two attached hydrogens (primary N) is 1. The quantitative estimate of drug-likeness (QED) is 0.863. The molecule has 1 saturated heterocycles. The normalized spacial score (nSPS) is 22.1. The fraction of sp³-hybridized carbons (Fsp3) is 0.538. The predicted octanol–water partition coefficient (Wildman–Crippen LogP) is 2.47. The van der Waals surface area contributed by atoms with Gasteiger partial charge < -0.3 is 10.6 Å². The van der Waals surface area contributed by atoms with Crippen molar-refractivity contribution in [1.29, 1.82) is 0 Å². The summed E-state index contributed by atoms with van der Waals surface area (Å²) in [6.07, 6.45) is -4.41. The van der Waals surface area contributed by atoms with E-state index in [1.807, 2.05) is 0 Å². The lowest BCUT2D eigenvalue weighted by molar-refractivity contribution is -0.189. The van der Waals surface area contributed by atoms with E-state index in [1.54, 1.807) is 6.07 Å². The van der Waals surface area contributed by atoms with Gasteiger partial charge in [-0.05, 0) is 32.4 Å². The van der Waals surface area contributed by atoms with E-state index in [4.69, 9.17) is 5.73 Å². The van der Waals surface area contributed by atoms with Crippen LogP contribution in [-0.2, 0) is 0 Å². The van der Waals surface area contributed by atoms with Crippen molar-refractivity contribution in [2.75, 3.05) is 12.3 Å². The van der Waals surface area contributed by atoms with Crippen molar-refractivity contribution in [2.45, 2.75) is 32.0 Å². The summed E-state index contributed by atoms with van der Waals surface area (Å²) < 4.78 is 39.0. The lowest BCUT2D eigenvalue weighted by Crippen LogP contribution is -2.49. The highest BCUT2D eigenvalue weighted by Crippen LogP contribution is 2.45. The van der Waals surface area contributed by atoms with Gasteiger partial charge in [-0.25, -0.2) is 4.98 Å². The van der Waals surface area contributed by atoms with Crippen molar-refractivity contribution in [1.82, 2.24) is 9.88 Å². The number of carbonyl (C=O) groups excluding carboxylic acids is 1. The van der Waals surface area contributed by atoms with Crippen LogP contribution >= 0.6 is 0 Å². The third kappa shape index (κ3) is 2.44. The zero-order valence-corrected chi connectivity index (χ0v) is 11.2. The Labute approximate surface area is 114 Å². The van der Waals surface area contributed by atoms with Crippen LogP contribution in [0.3, 0.4) is 0 Å². The van der Waals surface area contributed by atoms with Gasteiger partial charge >= 0.3 is 6.18 Å². The van der Waals surface area contributed by atoms with Crippen molar-refractivity contribution < 1.29 is 18.0 Å². The summed E-state index contributed by atoms with van der Waals surface area (Å²) in [5.74, 6) is -1.88. The molecule has 2 rings (SSSR count). The van der Waals surface area contributed by atoms with Crippen molar-refractivity contribution >= 4 is 11.7 Å². The number of pyridine rings is 1. The predicted molar refractivity (Wildman–Crippen MR) is 67.9 cm³/mol. The Morgan fingerprint density at radius 2 is 2.10 bits per heavy atom. The average Bonchev–Trinajstić information content (AvgIpc) is 2.63. The number of halogens is 3. The second kappa shape index (κ2) is 4.64. The molecule has 1 fully saturated rings. The largest absolute Gasteiger partial charge is 0.394 e. The molecule has 0 radical (unpaired) electrons. The number of hydrogen-bond acceptors (Lipinski definition) is 3. The first-order chi connectivity index (χ1) is 9.14. The van der Waals surface area contributed by atoms with Crippen LogP contribution in [0.4, 0.5) is 19.0 Å². The van der Waals surface area contributed by atoms with Crippen LogP contribution in [0.1, 0.15) is 30.8 Å². The fourth-order valence-corrected chi connectivity index (χ4v) is 2.72. The highest BCUT2D eigenvalue weighted by molar-refractivity contribution is 5.93. The molecular formula is C13H16F3N3O. The number of rotatable bonds is 1. The Kier molecular flexibility index (Phi) is 3.39. The van der Waals surface area contributed by atoms with E-state index in [0.29, 0.717) is 0 Å². The van der Waals surface area contributed by atoms with Crippen LogP contribution < -0.4 is 5.73 Å². The Morgan fingerprint density at radius 3 is 2.60 bits per heavy atom. The Hall–Kier alpha value is -1.79. The topological polar surface area (TPSA) is 59.2 Å². The molecule has 110 valence electrons. The van der Waals surface area contributed by atoms with Crippen molar-refractivity contribution in [3.05, 3.63) is 23.9 Å². The highest BCUT2D eigenvalue weighted by atomic mass is 19.4. The SMILES string of the molecule is CC1(C)C(C(F)(F)F)CCN1C(=O)c1cccc(N)n1. The van der Waals surface area contributed by atoms with E-state index in [2.05, 4.69) is 4.98 Å². The molecule has 1 aliphatic rings. The maximum atomic E-state index is 13.0. The second-order valence-electron chi connectivity index (χ2n) is 5.44. The molecule has 1 unspecified atom stereocenters. The summed E-state index contributed by atoms with van der Waals surface area (Å²) in [6, 6.07) is 4.53. The lowest BCUT2D eigenvalue weighted by Gasteiger charge is -2.36. The summed E-state index contributed by atoms with van der Waals surface area (Å²) in [5, 5.41) is 0. The molecule has 7 heteroatoms. The molecule has 0 aromatic carbocycles. The number of amides is 1. The van der Waals surface area contributed by atoms with Gasteiger partial charge in [-0.3, -0.25) is 4.79 Å². The van der Waals surface area contributed by atoms with Gasteiger partial charge in [0, 0.05) is 12.1 Å². The van der Waals surface area contributed by atoms with E-state index in [1.165, 1.54) is 30.9 Å². The van der Waals surface area contributed by atoms with Crippen LogP contribution in [0, 0.1) is 5.92 Å². The summed E-state index contributed by atoms with van der Waals surface area (Å²) in [4.78, 5) is 17.4. The molecule has 0 bridgehead atoms. The second-order valence-corrected chi connectivity index (χ2v) is 5.44. The van der Waals surface area contributed by atoms with E-state index in [9.17, 15) is 18.0 Å². The molecule has 20 heavy (non-hydrogen) atoms. The van der Waals surface area contributed by atoms with Crippen LogP contribution in [0.15, 0.2) is 18.2 Å². The minimum atomic E-state index is -4.32. The first-order valence-corrected chi connectivity index (χ1v) is 6.25. The molecule has 1 aromatic heterocycles. The van der Waals surface area contributed by atoms with Gasteiger partial charge in [0.1, 0.15) is 11.5 Å². The molecule has 2 heterocycles. The van der Waals surface area contributed by atoms with Gasteiger partial charge in [0.25, 0.3) is 5.91 Å². The third-order valence-electron chi connectivity index (χ3n) is 3.82. The van der Waals surface area contributed by atoms with Crippen molar-refractivity contribution in [3.8, 4) is 0 Å². The first-order valence-electron chi connectivity index (χ1n) is 6.25. The monoisotopic (exact) mass is 287 g/mol. The van der Waals surface area contributed by atoms with E-state index < -0.39 is 23.5 Å². The van der Waals surface area contributed by atoms with Gasteiger partial charge in [0.05, 0.1) is 5.92 Å².